The summed E-state index contributed by atoms with van der Waals surface area (Å²) in [6, 6.07) is 1.59. The monoisotopic (exact) mass is 289 g/mol. The van der Waals surface area contributed by atoms with E-state index in [9.17, 15) is 4.79 Å². The van der Waals surface area contributed by atoms with E-state index >= 15 is 0 Å². The minimum Gasteiger partial charge on any atom is -0.392 e. The molecule has 2 N–H and O–H groups in total. The molecule has 7 heteroatoms. The van der Waals surface area contributed by atoms with Gasteiger partial charge < -0.3 is 15.2 Å². The average molecular weight is 290 g/mol. The molecule has 0 spiro atoms. The van der Waals surface area contributed by atoms with Gasteiger partial charge in [0.15, 0.2) is 6.23 Å². The number of ether oxygens (including phenoxy) is 2. The molecule has 6 nitrogen and oxygen atoms in total. The molecule has 1 aliphatic rings. The standard InChI is InChI=1S/C9H12BrN3O3/c10-6-5-8(16-9(11)14)13(12-6)7-3-1-2-4-15-7/h5,7H,1-4H2,(H2,11,14). The Morgan fingerprint density at radius 2 is 2.50 bits per heavy atom. The molecule has 0 saturated carbocycles. The molecule has 0 radical (unpaired) electrons. The Labute approximate surface area is 101 Å². The van der Waals surface area contributed by atoms with Crippen molar-refractivity contribution >= 4 is 22.0 Å². The Bertz CT molecular complexity index is 387. The zero-order valence-electron chi connectivity index (χ0n) is 8.56. The van der Waals surface area contributed by atoms with Gasteiger partial charge in [0.1, 0.15) is 4.60 Å². The predicted octanol–water partition coefficient (Wildman–Crippen LogP) is 1.80. The molecule has 16 heavy (non-hydrogen) atoms. The van der Waals surface area contributed by atoms with Crippen LogP contribution in [-0.2, 0) is 4.74 Å². The van der Waals surface area contributed by atoms with Gasteiger partial charge in [-0.05, 0) is 35.2 Å². The topological polar surface area (TPSA) is 79.4 Å². The van der Waals surface area contributed by atoms with Gasteiger partial charge in [-0.2, -0.15) is 5.10 Å². The molecule has 1 fully saturated rings. The van der Waals surface area contributed by atoms with Crippen molar-refractivity contribution in [3.05, 3.63) is 10.7 Å². The number of rotatable bonds is 2. The SMILES string of the molecule is NC(=O)Oc1cc(Br)nn1C1CCCCO1. The van der Waals surface area contributed by atoms with Gasteiger partial charge in [-0.3, -0.25) is 0 Å². The van der Waals surface area contributed by atoms with Crippen LogP contribution in [0.25, 0.3) is 0 Å². The van der Waals surface area contributed by atoms with Gasteiger partial charge in [-0.25, -0.2) is 9.48 Å². The summed E-state index contributed by atoms with van der Waals surface area (Å²) in [7, 11) is 0. The number of aromatic nitrogens is 2. The summed E-state index contributed by atoms with van der Waals surface area (Å²) >= 11 is 3.22. The highest BCUT2D eigenvalue weighted by atomic mass is 79.9. The third-order valence-electron chi connectivity index (χ3n) is 2.31. The number of amides is 1. The van der Waals surface area contributed by atoms with Crippen LogP contribution in [0.15, 0.2) is 10.7 Å². The zero-order chi connectivity index (χ0) is 11.5. The number of carbonyl (C=O) groups excluding carboxylic acids is 1. The molecule has 2 rings (SSSR count). The van der Waals surface area contributed by atoms with E-state index in [-0.39, 0.29) is 6.23 Å². The summed E-state index contributed by atoms with van der Waals surface area (Å²) in [5, 5.41) is 4.16. The predicted molar refractivity (Wildman–Crippen MR) is 59.0 cm³/mol. The van der Waals surface area contributed by atoms with Gasteiger partial charge in [-0.1, -0.05) is 0 Å². The lowest BCUT2D eigenvalue weighted by Gasteiger charge is -2.23. The first-order chi connectivity index (χ1) is 7.66. The minimum absolute atomic E-state index is 0.186. The highest BCUT2D eigenvalue weighted by molar-refractivity contribution is 9.10. The number of nitrogens with zero attached hydrogens (tertiary/aromatic N) is 2. The van der Waals surface area contributed by atoms with Crippen molar-refractivity contribution in [3.8, 4) is 5.88 Å². The second kappa shape index (κ2) is 4.84. The van der Waals surface area contributed by atoms with Gasteiger partial charge in [0.2, 0.25) is 5.88 Å². The molecule has 1 atom stereocenters. The quantitative estimate of drug-likeness (QED) is 0.900. The number of hydrogen-bond donors (Lipinski definition) is 1. The van der Waals surface area contributed by atoms with Gasteiger partial charge in [0.05, 0.1) is 0 Å². The first-order valence-electron chi connectivity index (χ1n) is 5.01. The molecular formula is C9H12BrN3O3. The molecule has 2 heterocycles. The fraction of sp³-hybridized carbons (Fsp3) is 0.556. The van der Waals surface area contributed by atoms with Crippen molar-refractivity contribution in [2.24, 2.45) is 5.73 Å². The van der Waals surface area contributed by atoms with Crippen molar-refractivity contribution in [3.63, 3.8) is 0 Å². The summed E-state index contributed by atoms with van der Waals surface area (Å²) in [6.45, 7) is 0.693. The van der Waals surface area contributed by atoms with E-state index in [1.165, 1.54) is 4.68 Å². The van der Waals surface area contributed by atoms with Gasteiger partial charge in [0, 0.05) is 12.7 Å². The summed E-state index contributed by atoms with van der Waals surface area (Å²) in [4.78, 5) is 10.7. The second-order valence-corrected chi connectivity index (χ2v) is 4.30. The minimum atomic E-state index is -0.857. The molecule has 0 aromatic carbocycles. The largest absolute Gasteiger partial charge is 0.411 e. The molecule has 1 unspecified atom stereocenters. The maximum atomic E-state index is 10.7. The lowest BCUT2D eigenvalue weighted by molar-refractivity contribution is -0.0427. The van der Waals surface area contributed by atoms with Gasteiger partial charge in [-0.15, -0.1) is 0 Å². The Morgan fingerprint density at radius 3 is 3.12 bits per heavy atom. The second-order valence-electron chi connectivity index (χ2n) is 3.49. The average Bonchev–Trinajstić information content (AvgIpc) is 2.60. The van der Waals surface area contributed by atoms with E-state index in [2.05, 4.69) is 21.0 Å². The van der Waals surface area contributed by atoms with E-state index in [4.69, 9.17) is 15.2 Å². The van der Waals surface area contributed by atoms with Crippen LogP contribution in [-0.4, -0.2) is 22.5 Å². The summed E-state index contributed by atoms with van der Waals surface area (Å²) in [5.74, 6) is 0.297. The molecular weight excluding hydrogens is 278 g/mol. The van der Waals surface area contributed by atoms with Crippen LogP contribution >= 0.6 is 15.9 Å². The Hall–Kier alpha value is -1.08. The van der Waals surface area contributed by atoms with Crippen LogP contribution in [0.4, 0.5) is 4.79 Å². The molecule has 1 saturated heterocycles. The van der Waals surface area contributed by atoms with Crippen LogP contribution in [0.1, 0.15) is 25.5 Å². The number of hydrogen-bond acceptors (Lipinski definition) is 4. The summed E-state index contributed by atoms with van der Waals surface area (Å²) in [5.41, 5.74) is 4.97. The smallest absolute Gasteiger partial charge is 0.392 e. The lowest BCUT2D eigenvalue weighted by atomic mass is 10.2. The van der Waals surface area contributed by atoms with Crippen molar-refractivity contribution in [1.82, 2.24) is 9.78 Å². The Balaban J connectivity index is 2.20. The van der Waals surface area contributed by atoms with Crippen LogP contribution in [0.3, 0.4) is 0 Å². The highest BCUT2D eigenvalue weighted by Gasteiger charge is 2.21. The van der Waals surface area contributed by atoms with E-state index in [0.29, 0.717) is 17.1 Å². The van der Waals surface area contributed by atoms with Crippen molar-refractivity contribution in [2.45, 2.75) is 25.5 Å². The summed E-state index contributed by atoms with van der Waals surface area (Å²) < 4.78 is 12.5. The number of carbonyl (C=O) groups is 1. The van der Waals surface area contributed by atoms with Crippen LogP contribution in [0.5, 0.6) is 5.88 Å². The first kappa shape index (κ1) is 11.4. The molecule has 88 valence electrons. The third-order valence-corrected chi connectivity index (χ3v) is 2.69. The fourth-order valence-corrected chi connectivity index (χ4v) is 2.02. The Kier molecular flexibility index (Phi) is 3.45. The van der Waals surface area contributed by atoms with Crippen LogP contribution in [0.2, 0.25) is 0 Å². The van der Waals surface area contributed by atoms with E-state index < -0.39 is 6.09 Å². The molecule has 0 bridgehead atoms. The Morgan fingerprint density at radius 1 is 1.69 bits per heavy atom. The molecule has 1 aromatic rings. The molecule has 1 amide bonds. The molecule has 0 aliphatic carbocycles. The highest BCUT2D eigenvalue weighted by Crippen LogP contribution is 2.28. The zero-order valence-corrected chi connectivity index (χ0v) is 10.1. The maximum Gasteiger partial charge on any atom is 0.411 e. The normalized spacial score (nSPS) is 20.7. The fourth-order valence-electron chi connectivity index (χ4n) is 1.65. The van der Waals surface area contributed by atoms with E-state index in [1.807, 2.05) is 0 Å². The van der Waals surface area contributed by atoms with Crippen LogP contribution < -0.4 is 10.5 Å². The number of halogens is 1. The van der Waals surface area contributed by atoms with Crippen molar-refractivity contribution < 1.29 is 14.3 Å². The van der Waals surface area contributed by atoms with E-state index in [1.54, 1.807) is 6.07 Å². The third kappa shape index (κ3) is 2.53. The first-order valence-corrected chi connectivity index (χ1v) is 5.80. The van der Waals surface area contributed by atoms with Gasteiger partial charge >= 0.3 is 6.09 Å². The van der Waals surface area contributed by atoms with Crippen molar-refractivity contribution in [1.29, 1.82) is 0 Å². The van der Waals surface area contributed by atoms with E-state index in [0.717, 1.165) is 19.3 Å². The van der Waals surface area contributed by atoms with Gasteiger partial charge in [0.25, 0.3) is 0 Å². The number of primary amides is 1. The maximum absolute atomic E-state index is 10.7. The molecule has 1 aliphatic heterocycles. The summed E-state index contributed by atoms with van der Waals surface area (Å²) in [6.07, 6.45) is 1.92. The van der Waals surface area contributed by atoms with Crippen LogP contribution in [0, 0.1) is 0 Å². The lowest BCUT2D eigenvalue weighted by Crippen LogP contribution is -2.23. The van der Waals surface area contributed by atoms with Crippen molar-refractivity contribution in [2.75, 3.05) is 6.61 Å². The molecule has 1 aromatic heterocycles. The number of nitrogens with two attached hydrogens (primary N) is 1.